The molecule has 2 heterocycles. The molecule has 0 saturated carbocycles. The molecule has 2 N–H and O–H groups in total. The Morgan fingerprint density at radius 3 is 2.35 bits per heavy atom. The standard InChI is InChI=1S/C23H39N7.HI/c1-8-24-23(25-12-9-13-29(17(2)3)18(4)5)27-16-21-10-11-22(26-15-21)30-20(7)14-19(6)28-30;/h10-11,14-15,17-18H,8-9,12-13,16H2,1-7H3,(H2,24,25,27);1H. The Kier molecular flexibility index (Phi) is 12.1. The largest absolute Gasteiger partial charge is 0.357 e. The summed E-state index contributed by atoms with van der Waals surface area (Å²) in [5.74, 6) is 1.68. The van der Waals surface area contributed by atoms with Gasteiger partial charge in [-0.05, 0) is 72.6 Å². The van der Waals surface area contributed by atoms with Gasteiger partial charge in [0.05, 0.1) is 12.2 Å². The third-order valence-electron chi connectivity index (χ3n) is 5.01. The lowest BCUT2D eigenvalue weighted by Gasteiger charge is -2.30. The molecule has 0 aliphatic carbocycles. The van der Waals surface area contributed by atoms with Crippen LogP contribution < -0.4 is 10.6 Å². The summed E-state index contributed by atoms with van der Waals surface area (Å²) in [6.45, 7) is 18.5. The maximum absolute atomic E-state index is 4.71. The van der Waals surface area contributed by atoms with Gasteiger partial charge in [0.1, 0.15) is 0 Å². The molecule has 0 aromatic carbocycles. The smallest absolute Gasteiger partial charge is 0.191 e. The first kappa shape index (κ1) is 27.4. The van der Waals surface area contributed by atoms with Crippen molar-refractivity contribution in [3.63, 3.8) is 0 Å². The number of hydrogen-bond acceptors (Lipinski definition) is 4. The van der Waals surface area contributed by atoms with E-state index in [-0.39, 0.29) is 24.0 Å². The number of hydrogen-bond donors (Lipinski definition) is 2. The van der Waals surface area contributed by atoms with E-state index in [0.29, 0.717) is 18.6 Å². The first-order chi connectivity index (χ1) is 14.3. The second kappa shape index (κ2) is 13.7. The SMILES string of the molecule is CCNC(=NCc1ccc(-n2nc(C)cc2C)nc1)NCCCN(C(C)C)C(C)C.I. The Hall–Kier alpha value is -1.68. The van der Waals surface area contributed by atoms with Crippen LogP contribution in [-0.2, 0) is 6.54 Å². The van der Waals surface area contributed by atoms with Crippen LogP contribution >= 0.6 is 24.0 Å². The van der Waals surface area contributed by atoms with Gasteiger partial charge in [-0.2, -0.15) is 5.10 Å². The minimum absolute atomic E-state index is 0. The molecule has 0 fully saturated rings. The van der Waals surface area contributed by atoms with Crippen LogP contribution in [0.5, 0.6) is 0 Å². The molecule has 0 amide bonds. The zero-order chi connectivity index (χ0) is 22.1. The van der Waals surface area contributed by atoms with Crippen LogP contribution in [-0.4, -0.2) is 57.3 Å². The maximum atomic E-state index is 4.71. The number of aliphatic imine (C=N–C) groups is 1. The molecule has 174 valence electrons. The molecular weight excluding hydrogens is 501 g/mol. The summed E-state index contributed by atoms with van der Waals surface area (Å²) >= 11 is 0. The monoisotopic (exact) mass is 541 g/mol. The number of nitrogens with zero attached hydrogens (tertiary/aromatic N) is 5. The van der Waals surface area contributed by atoms with E-state index in [1.54, 1.807) is 0 Å². The summed E-state index contributed by atoms with van der Waals surface area (Å²) in [7, 11) is 0. The molecule has 0 saturated heterocycles. The van der Waals surface area contributed by atoms with Crippen molar-refractivity contribution in [1.29, 1.82) is 0 Å². The van der Waals surface area contributed by atoms with E-state index < -0.39 is 0 Å². The third kappa shape index (κ3) is 8.76. The van der Waals surface area contributed by atoms with Crippen LogP contribution in [0.4, 0.5) is 0 Å². The van der Waals surface area contributed by atoms with Gasteiger partial charge < -0.3 is 10.6 Å². The number of guanidine groups is 1. The molecule has 0 radical (unpaired) electrons. The molecule has 31 heavy (non-hydrogen) atoms. The van der Waals surface area contributed by atoms with Crippen molar-refractivity contribution in [1.82, 2.24) is 30.3 Å². The van der Waals surface area contributed by atoms with E-state index in [2.05, 4.69) is 72.4 Å². The molecule has 2 rings (SSSR count). The number of rotatable bonds is 10. The van der Waals surface area contributed by atoms with Crippen LogP contribution in [0.15, 0.2) is 29.4 Å². The fraction of sp³-hybridized carbons (Fsp3) is 0.609. The Morgan fingerprint density at radius 2 is 1.84 bits per heavy atom. The van der Waals surface area contributed by atoms with Crippen molar-refractivity contribution < 1.29 is 0 Å². The third-order valence-corrected chi connectivity index (χ3v) is 5.01. The van der Waals surface area contributed by atoms with E-state index in [9.17, 15) is 0 Å². The Balaban J connectivity index is 0.00000480. The lowest BCUT2D eigenvalue weighted by molar-refractivity contribution is 0.173. The summed E-state index contributed by atoms with van der Waals surface area (Å²) in [6.07, 6.45) is 2.96. The van der Waals surface area contributed by atoms with Crippen LogP contribution in [0.25, 0.3) is 5.82 Å². The fourth-order valence-corrected chi connectivity index (χ4v) is 3.59. The molecule has 2 aromatic rings. The topological polar surface area (TPSA) is 70.4 Å². The van der Waals surface area contributed by atoms with Crippen molar-refractivity contribution in [3.8, 4) is 5.82 Å². The Morgan fingerprint density at radius 1 is 1.13 bits per heavy atom. The van der Waals surface area contributed by atoms with Gasteiger partial charge in [-0.3, -0.25) is 4.90 Å². The van der Waals surface area contributed by atoms with Crippen molar-refractivity contribution in [3.05, 3.63) is 41.3 Å². The molecule has 0 atom stereocenters. The van der Waals surface area contributed by atoms with Gasteiger partial charge in [-0.25, -0.2) is 14.7 Å². The average Bonchev–Trinajstić information content (AvgIpc) is 3.03. The molecule has 0 aliphatic heterocycles. The lowest BCUT2D eigenvalue weighted by Crippen LogP contribution is -2.41. The average molecular weight is 542 g/mol. The zero-order valence-electron chi connectivity index (χ0n) is 20.1. The first-order valence-electron chi connectivity index (χ1n) is 11.1. The normalized spacial score (nSPS) is 11.9. The fourth-order valence-electron chi connectivity index (χ4n) is 3.59. The molecular formula is C23H40IN7. The van der Waals surface area contributed by atoms with Crippen molar-refractivity contribution in [2.75, 3.05) is 19.6 Å². The molecule has 0 spiro atoms. The summed E-state index contributed by atoms with van der Waals surface area (Å²) in [5.41, 5.74) is 3.15. The summed E-state index contributed by atoms with van der Waals surface area (Å²) < 4.78 is 1.87. The number of nitrogens with one attached hydrogen (secondary N) is 2. The van der Waals surface area contributed by atoms with Gasteiger partial charge in [0.15, 0.2) is 11.8 Å². The van der Waals surface area contributed by atoms with E-state index in [1.165, 1.54) is 0 Å². The quantitative estimate of drug-likeness (QED) is 0.206. The van der Waals surface area contributed by atoms with Crippen LogP contribution in [0, 0.1) is 13.8 Å². The van der Waals surface area contributed by atoms with Gasteiger partial charge in [0, 0.05) is 43.6 Å². The van der Waals surface area contributed by atoms with Crippen LogP contribution in [0.1, 0.15) is 58.0 Å². The summed E-state index contributed by atoms with van der Waals surface area (Å²) in [4.78, 5) is 11.8. The second-order valence-corrected chi connectivity index (χ2v) is 8.26. The first-order valence-corrected chi connectivity index (χ1v) is 11.1. The molecule has 0 unspecified atom stereocenters. The van der Waals surface area contributed by atoms with Crippen molar-refractivity contribution in [2.45, 2.75) is 73.5 Å². The zero-order valence-corrected chi connectivity index (χ0v) is 22.5. The predicted octanol–water partition coefficient (Wildman–Crippen LogP) is 4.07. The minimum atomic E-state index is 0. The van der Waals surface area contributed by atoms with Crippen molar-refractivity contribution in [2.24, 2.45) is 4.99 Å². The second-order valence-electron chi connectivity index (χ2n) is 8.26. The van der Waals surface area contributed by atoms with E-state index in [1.807, 2.05) is 30.8 Å². The van der Waals surface area contributed by atoms with Crippen molar-refractivity contribution >= 4 is 29.9 Å². The van der Waals surface area contributed by atoms with Gasteiger partial charge in [-0.1, -0.05) is 6.07 Å². The highest BCUT2D eigenvalue weighted by atomic mass is 127. The highest BCUT2D eigenvalue weighted by Gasteiger charge is 2.12. The van der Waals surface area contributed by atoms with Gasteiger partial charge in [0.25, 0.3) is 0 Å². The summed E-state index contributed by atoms with van der Waals surface area (Å²) in [6, 6.07) is 7.25. The summed E-state index contributed by atoms with van der Waals surface area (Å²) in [5, 5.41) is 11.3. The number of pyridine rings is 1. The molecule has 0 bridgehead atoms. The van der Waals surface area contributed by atoms with Gasteiger partial charge >= 0.3 is 0 Å². The number of aromatic nitrogens is 3. The molecule has 8 heteroatoms. The molecule has 2 aromatic heterocycles. The number of aryl methyl sites for hydroxylation is 2. The Bertz CT molecular complexity index is 789. The minimum Gasteiger partial charge on any atom is -0.357 e. The van der Waals surface area contributed by atoms with Crippen LogP contribution in [0.2, 0.25) is 0 Å². The van der Waals surface area contributed by atoms with E-state index in [0.717, 1.165) is 54.8 Å². The number of halogens is 1. The highest BCUT2D eigenvalue weighted by Crippen LogP contribution is 2.11. The lowest BCUT2D eigenvalue weighted by atomic mass is 10.2. The predicted molar refractivity (Wildman–Crippen MR) is 141 cm³/mol. The van der Waals surface area contributed by atoms with E-state index >= 15 is 0 Å². The van der Waals surface area contributed by atoms with Crippen LogP contribution in [0.3, 0.4) is 0 Å². The van der Waals surface area contributed by atoms with Gasteiger partial charge in [-0.15, -0.1) is 24.0 Å². The molecule has 0 aliphatic rings. The Labute approximate surface area is 205 Å². The van der Waals surface area contributed by atoms with E-state index in [4.69, 9.17) is 4.99 Å². The van der Waals surface area contributed by atoms with Gasteiger partial charge in [0.2, 0.25) is 0 Å². The molecule has 7 nitrogen and oxygen atoms in total. The highest BCUT2D eigenvalue weighted by molar-refractivity contribution is 14.0. The maximum Gasteiger partial charge on any atom is 0.191 e.